The van der Waals surface area contributed by atoms with Crippen molar-refractivity contribution >= 4 is 11.8 Å². The van der Waals surface area contributed by atoms with Gasteiger partial charge in [0.2, 0.25) is 5.91 Å². The number of carbonyl (C=O) groups excluding carboxylic acids is 2. The Balaban J connectivity index is 1.98. The maximum absolute atomic E-state index is 11.9. The fourth-order valence-corrected chi connectivity index (χ4v) is 2.38. The van der Waals surface area contributed by atoms with Gasteiger partial charge < -0.3 is 14.9 Å². The zero-order valence-corrected chi connectivity index (χ0v) is 10.1. The zero-order valence-electron chi connectivity index (χ0n) is 10.1. The highest BCUT2D eigenvalue weighted by Crippen LogP contribution is 2.19. The van der Waals surface area contributed by atoms with Crippen LogP contribution >= 0.6 is 0 Å². The summed E-state index contributed by atoms with van der Waals surface area (Å²) in [7, 11) is 0. The molecule has 2 heterocycles. The third kappa shape index (κ3) is 2.28. The molecule has 0 radical (unpaired) electrons. The number of aliphatic hydroxyl groups excluding tert-OH is 1. The summed E-state index contributed by atoms with van der Waals surface area (Å²) in [6.07, 6.45) is 4.32. The van der Waals surface area contributed by atoms with Gasteiger partial charge in [0.05, 0.1) is 6.04 Å². The van der Waals surface area contributed by atoms with E-state index >= 15 is 0 Å². The summed E-state index contributed by atoms with van der Waals surface area (Å²) in [5.74, 6) is -0.673. The Morgan fingerprint density at radius 2 is 2.12 bits per heavy atom. The number of rotatable bonds is 3. The normalized spacial score (nSPS) is 24.4. The summed E-state index contributed by atoms with van der Waals surface area (Å²) in [6.45, 7) is 3.59. The van der Waals surface area contributed by atoms with Crippen LogP contribution in [0.1, 0.15) is 26.2 Å². The van der Waals surface area contributed by atoms with Gasteiger partial charge in [0.25, 0.3) is 5.91 Å². The highest BCUT2D eigenvalue weighted by Gasteiger charge is 2.33. The minimum Gasteiger partial charge on any atom is -0.503 e. The van der Waals surface area contributed by atoms with Crippen LogP contribution in [0.4, 0.5) is 0 Å². The summed E-state index contributed by atoms with van der Waals surface area (Å²) < 4.78 is 0. The van der Waals surface area contributed by atoms with Crippen LogP contribution in [-0.4, -0.2) is 52.4 Å². The van der Waals surface area contributed by atoms with Gasteiger partial charge >= 0.3 is 0 Å². The molecular formula is C12H18N2O3. The van der Waals surface area contributed by atoms with Crippen molar-refractivity contribution in [1.82, 2.24) is 9.80 Å². The molecule has 94 valence electrons. The summed E-state index contributed by atoms with van der Waals surface area (Å²) in [6, 6.07) is -0.144. The summed E-state index contributed by atoms with van der Waals surface area (Å²) in [4.78, 5) is 26.8. The molecule has 0 aromatic carbocycles. The lowest BCUT2D eigenvalue weighted by molar-refractivity contribution is -0.139. The zero-order chi connectivity index (χ0) is 12.4. The number of nitrogens with zero attached hydrogens (tertiary/aromatic N) is 2. The molecule has 1 atom stereocenters. The summed E-state index contributed by atoms with van der Waals surface area (Å²) >= 11 is 0. The Labute approximate surface area is 101 Å². The van der Waals surface area contributed by atoms with Crippen molar-refractivity contribution in [2.75, 3.05) is 19.6 Å². The van der Waals surface area contributed by atoms with Gasteiger partial charge in [-0.1, -0.05) is 6.92 Å². The maximum Gasteiger partial charge on any atom is 0.289 e. The third-order valence-corrected chi connectivity index (χ3v) is 3.41. The SMILES string of the molecule is CCC1C=C(O)C(=O)N1CC(=O)N1CCCC1. The Morgan fingerprint density at radius 3 is 2.71 bits per heavy atom. The Hall–Kier alpha value is -1.52. The average Bonchev–Trinajstić information content (AvgIpc) is 2.92. The first-order chi connectivity index (χ1) is 8.13. The number of hydrogen-bond donors (Lipinski definition) is 1. The van der Waals surface area contributed by atoms with Gasteiger partial charge in [0.15, 0.2) is 5.76 Å². The summed E-state index contributed by atoms with van der Waals surface area (Å²) in [5.41, 5.74) is 0. The Morgan fingerprint density at radius 1 is 1.47 bits per heavy atom. The van der Waals surface area contributed by atoms with E-state index in [0.717, 1.165) is 25.9 Å². The number of likely N-dealkylation sites (tertiary alicyclic amines) is 1. The second-order valence-electron chi connectivity index (χ2n) is 4.55. The Bertz CT molecular complexity index is 359. The van der Waals surface area contributed by atoms with E-state index in [4.69, 9.17) is 0 Å². The maximum atomic E-state index is 11.9. The molecule has 0 spiro atoms. The minimum atomic E-state index is -0.426. The molecule has 2 amide bonds. The first-order valence-electron chi connectivity index (χ1n) is 6.13. The highest BCUT2D eigenvalue weighted by atomic mass is 16.3. The molecule has 17 heavy (non-hydrogen) atoms. The molecule has 2 aliphatic rings. The monoisotopic (exact) mass is 238 g/mol. The van der Waals surface area contributed by atoms with Gasteiger partial charge in [-0.3, -0.25) is 9.59 Å². The van der Waals surface area contributed by atoms with E-state index in [1.54, 1.807) is 4.90 Å². The lowest BCUT2D eigenvalue weighted by atomic mass is 10.2. The number of aliphatic hydroxyl groups is 1. The van der Waals surface area contributed by atoms with Crippen molar-refractivity contribution in [2.24, 2.45) is 0 Å². The van der Waals surface area contributed by atoms with E-state index in [0.29, 0.717) is 6.42 Å². The number of amides is 2. The summed E-state index contributed by atoms with van der Waals surface area (Å²) in [5, 5.41) is 9.39. The molecule has 2 rings (SSSR count). The van der Waals surface area contributed by atoms with E-state index in [1.807, 2.05) is 6.92 Å². The van der Waals surface area contributed by atoms with E-state index < -0.39 is 5.91 Å². The lowest BCUT2D eigenvalue weighted by Crippen LogP contribution is -2.43. The van der Waals surface area contributed by atoms with Crippen molar-refractivity contribution in [3.63, 3.8) is 0 Å². The number of hydrogen-bond acceptors (Lipinski definition) is 3. The van der Waals surface area contributed by atoms with Crippen molar-refractivity contribution in [2.45, 2.75) is 32.2 Å². The molecular weight excluding hydrogens is 220 g/mol. The van der Waals surface area contributed by atoms with Crippen molar-refractivity contribution in [3.8, 4) is 0 Å². The molecule has 5 heteroatoms. The van der Waals surface area contributed by atoms with Crippen LogP contribution in [0.25, 0.3) is 0 Å². The van der Waals surface area contributed by atoms with E-state index in [1.165, 1.54) is 11.0 Å². The molecule has 5 nitrogen and oxygen atoms in total. The van der Waals surface area contributed by atoms with Crippen LogP contribution in [0.5, 0.6) is 0 Å². The van der Waals surface area contributed by atoms with Crippen molar-refractivity contribution < 1.29 is 14.7 Å². The molecule has 0 aliphatic carbocycles. The second kappa shape index (κ2) is 4.77. The molecule has 2 aliphatic heterocycles. The predicted octanol–water partition coefficient (Wildman–Crippen LogP) is 0.671. The average molecular weight is 238 g/mol. The Kier molecular flexibility index (Phi) is 3.36. The fraction of sp³-hybridized carbons (Fsp3) is 0.667. The van der Waals surface area contributed by atoms with Gasteiger partial charge in [0.1, 0.15) is 6.54 Å². The topological polar surface area (TPSA) is 60.9 Å². The van der Waals surface area contributed by atoms with Crippen molar-refractivity contribution in [3.05, 3.63) is 11.8 Å². The molecule has 1 unspecified atom stereocenters. The molecule has 0 saturated carbocycles. The molecule has 1 saturated heterocycles. The molecule has 1 fully saturated rings. The van der Waals surface area contributed by atoms with E-state index in [2.05, 4.69) is 0 Å². The lowest BCUT2D eigenvalue weighted by Gasteiger charge is -2.25. The second-order valence-corrected chi connectivity index (χ2v) is 4.55. The van der Waals surface area contributed by atoms with E-state index in [-0.39, 0.29) is 24.3 Å². The van der Waals surface area contributed by atoms with Gasteiger partial charge in [-0.2, -0.15) is 0 Å². The fourth-order valence-electron chi connectivity index (χ4n) is 2.38. The first-order valence-corrected chi connectivity index (χ1v) is 6.13. The quantitative estimate of drug-likeness (QED) is 0.786. The molecule has 0 aromatic rings. The van der Waals surface area contributed by atoms with Crippen LogP contribution in [0.3, 0.4) is 0 Å². The third-order valence-electron chi connectivity index (χ3n) is 3.41. The molecule has 0 aromatic heterocycles. The van der Waals surface area contributed by atoms with Gasteiger partial charge in [-0.15, -0.1) is 0 Å². The minimum absolute atomic E-state index is 0.0163. The highest BCUT2D eigenvalue weighted by molar-refractivity contribution is 5.96. The van der Waals surface area contributed by atoms with E-state index in [9.17, 15) is 14.7 Å². The smallest absolute Gasteiger partial charge is 0.289 e. The largest absolute Gasteiger partial charge is 0.503 e. The van der Waals surface area contributed by atoms with Gasteiger partial charge in [-0.05, 0) is 25.3 Å². The standard InChI is InChI=1S/C12H18N2O3/c1-2-9-7-10(15)12(17)14(9)8-11(16)13-5-3-4-6-13/h7,9,15H,2-6,8H2,1H3. The van der Waals surface area contributed by atoms with Crippen LogP contribution < -0.4 is 0 Å². The first kappa shape index (κ1) is 12.0. The van der Waals surface area contributed by atoms with Gasteiger partial charge in [0, 0.05) is 13.1 Å². The van der Waals surface area contributed by atoms with Crippen LogP contribution in [0, 0.1) is 0 Å². The van der Waals surface area contributed by atoms with Crippen LogP contribution in [0.15, 0.2) is 11.8 Å². The molecule has 1 N–H and O–H groups in total. The van der Waals surface area contributed by atoms with Crippen molar-refractivity contribution in [1.29, 1.82) is 0 Å². The molecule has 0 bridgehead atoms. The van der Waals surface area contributed by atoms with Crippen LogP contribution in [0.2, 0.25) is 0 Å². The predicted molar refractivity (Wildman–Crippen MR) is 62.3 cm³/mol. The van der Waals surface area contributed by atoms with Gasteiger partial charge in [-0.25, -0.2) is 0 Å². The number of carbonyl (C=O) groups is 2. The van der Waals surface area contributed by atoms with Crippen LogP contribution in [-0.2, 0) is 9.59 Å².